The Labute approximate surface area is 156 Å². The molecule has 0 bridgehead atoms. The zero-order valence-electron chi connectivity index (χ0n) is 15.4. The molecule has 0 atom stereocenters. The highest BCUT2D eigenvalue weighted by atomic mass is 19.1. The van der Waals surface area contributed by atoms with E-state index < -0.39 is 5.41 Å². The number of nitrogens with two attached hydrogens (primary N) is 2. The molecule has 0 aliphatic carbocycles. The van der Waals surface area contributed by atoms with Crippen molar-refractivity contribution < 1.29 is 9.18 Å². The Morgan fingerprint density at radius 2 is 2.04 bits per heavy atom. The Morgan fingerprint density at radius 3 is 2.74 bits per heavy atom. The fourth-order valence-electron chi connectivity index (χ4n) is 2.86. The van der Waals surface area contributed by atoms with E-state index in [1.54, 1.807) is 45.0 Å². The second kappa shape index (κ2) is 6.79. The third kappa shape index (κ3) is 3.51. The number of rotatable bonds is 4. The number of carbonyl (C=O) groups is 1. The van der Waals surface area contributed by atoms with Crippen LogP contribution in [0.15, 0.2) is 35.3 Å². The van der Waals surface area contributed by atoms with Crippen molar-refractivity contribution in [3.05, 3.63) is 53.1 Å². The molecule has 0 saturated heterocycles. The molecule has 0 saturated carbocycles. The van der Waals surface area contributed by atoms with Crippen LogP contribution in [0.1, 0.15) is 37.7 Å². The van der Waals surface area contributed by atoms with Crippen LogP contribution in [0.3, 0.4) is 0 Å². The van der Waals surface area contributed by atoms with Gasteiger partial charge >= 0.3 is 0 Å². The number of hydrogen-bond acceptors (Lipinski definition) is 6. The second-order valence-corrected chi connectivity index (χ2v) is 6.88. The fraction of sp³-hybridized carbons (Fsp3) is 0.263. The quantitative estimate of drug-likeness (QED) is 0.716. The predicted octanol–water partition coefficient (Wildman–Crippen LogP) is 2.39. The van der Waals surface area contributed by atoms with Crippen LogP contribution in [0, 0.1) is 5.82 Å². The summed E-state index contributed by atoms with van der Waals surface area (Å²) in [7, 11) is 0. The maximum absolute atomic E-state index is 13.7. The molecule has 0 unspecified atom stereocenters. The molecule has 8 heteroatoms. The lowest BCUT2D eigenvalue weighted by Gasteiger charge is -2.16. The molecule has 1 aliphatic heterocycles. The van der Waals surface area contributed by atoms with Crippen LogP contribution in [-0.4, -0.2) is 21.6 Å². The molecule has 140 valence electrons. The zero-order chi connectivity index (χ0) is 19.8. The zero-order valence-corrected chi connectivity index (χ0v) is 15.4. The highest BCUT2D eigenvalue weighted by Crippen LogP contribution is 2.39. The third-order valence-electron chi connectivity index (χ3n) is 4.44. The maximum atomic E-state index is 13.7. The number of carbonyl (C=O) groups excluding carboxylic acids is 1. The third-order valence-corrected chi connectivity index (χ3v) is 4.44. The van der Waals surface area contributed by atoms with Gasteiger partial charge in [0.25, 0.3) is 0 Å². The molecule has 5 N–H and O–H groups in total. The van der Waals surface area contributed by atoms with Gasteiger partial charge in [0.2, 0.25) is 5.91 Å². The summed E-state index contributed by atoms with van der Waals surface area (Å²) in [5.41, 5.74) is 13.2. The van der Waals surface area contributed by atoms with Crippen molar-refractivity contribution in [3.8, 4) is 0 Å². The summed E-state index contributed by atoms with van der Waals surface area (Å²) in [6.45, 7) is 5.45. The molecule has 0 fully saturated rings. The Hall–Kier alpha value is -3.29. The van der Waals surface area contributed by atoms with Crippen molar-refractivity contribution >= 4 is 29.0 Å². The van der Waals surface area contributed by atoms with Gasteiger partial charge in [-0.05, 0) is 32.9 Å². The number of nitrogens with one attached hydrogen (secondary N) is 1. The van der Waals surface area contributed by atoms with Crippen molar-refractivity contribution in [2.75, 3.05) is 11.1 Å². The molecule has 1 aliphatic rings. The van der Waals surface area contributed by atoms with E-state index in [1.165, 1.54) is 6.07 Å². The van der Waals surface area contributed by atoms with E-state index in [9.17, 15) is 9.18 Å². The van der Waals surface area contributed by atoms with Crippen LogP contribution in [0.4, 0.5) is 16.0 Å². The minimum atomic E-state index is -0.798. The van der Waals surface area contributed by atoms with Gasteiger partial charge in [-0.1, -0.05) is 18.2 Å². The number of anilines is 2. The number of hydrogen-bond donors (Lipinski definition) is 3. The summed E-state index contributed by atoms with van der Waals surface area (Å²) < 4.78 is 13.7. The molecular formula is C19H21FN6O. The second-order valence-electron chi connectivity index (χ2n) is 6.88. The van der Waals surface area contributed by atoms with Crippen molar-refractivity contribution in [3.63, 3.8) is 0 Å². The summed E-state index contributed by atoms with van der Waals surface area (Å²) in [5, 5.41) is 2.71. The van der Waals surface area contributed by atoms with Crippen LogP contribution in [0.25, 0.3) is 5.70 Å². The lowest BCUT2D eigenvalue weighted by atomic mass is 9.87. The highest BCUT2D eigenvalue weighted by Gasteiger charge is 2.42. The first kappa shape index (κ1) is 18.5. The Morgan fingerprint density at radius 1 is 1.33 bits per heavy atom. The molecule has 1 amide bonds. The summed E-state index contributed by atoms with van der Waals surface area (Å²) >= 11 is 0. The first-order chi connectivity index (χ1) is 12.7. The number of amides is 1. The molecule has 2 heterocycles. The van der Waals surface area contributed by atoms with Gasteiger partial charge in [-0.2, -0.15) is 0 Å². The van der Waals surface area contributed by atoms with E-state index in [0.717, 1.165) is 0 Å². The molecule has 0 spiro atoms. The summed E-state index contributed by atoms with van der Waals surface area (Å²) in [6.07, 6.45) is 1.59. The van der Waals surface area contributed by atoms with Crippen LogP contribution in [0.2, 0.25) is 0 Å². The number of nitrogens with zero attached hydrogens (tertiary/aromatic N) is 3. The van der Waals surface area contributed by atoms with Gasteiger partial charge < -0.3 is 16.8 Å². The lowest BCUT2D eigenvalue weighted by Crippen LogP contribution is -2.27. The molecule has 7 nitrogen and oxygen atoms in total. The topological polar surface area (TPSA) is 119 Å². The van der Waals surface area contributed by atoms with Crippen LogP contribution in [0.5, 0.6) is 0 Å². The maximum Gasteiger partial charge on any atom is 0.235 e. The van der Waals surface area contributed by atoms with E-state index in [0.29, 0.717) is 22.7 Å². The van der Waals surface area contributed by atoms with Gasteiger partial charge in [-0.3, -0.25) is 9.79 Å². The van der Waals surface area contributed by atoms with Gasteiger partial charge in [0.15, 0.2) is 5.82 Å². The van der Waals surface area contributed by atoms with E-state index in [4.69, 9.17) is 11.5 Å². The molecular weight excluding hydrogens is 347 g/mol. The van der Waals surface area contributed by atoms with Gasteiger partial charge in [-0.15, -0.1) is 0 Å². The van der Waals surface area contributed by atoms with Gasteiger partial charge in [-0.25, -0.2) is 14.4 Å². The van der Waals surface area contributed by atoms with Gasteiger partial charge in [0.1, 0.15) is 17.5 Å². The SMILES string of the molecule is CC(C=C(N)c1nc(N)c2c(n1)NC(=O)C2(C)C)=NCc1ccccc1F. The first-order valence-electron chi connectivity index (χ1n) is 8.41. The van der Waals surface area contributed by atoms with Crippen LogP contribution < -0.4 is 16.8 Å². The van der Waals surface area contributed by atoms with E-state index in [1.807, 2.05) is 0 Å². The molecule has 1 aromatic carbocycles. The molecule has 2 aromatic rings. The van der Waals surface area contributed by atoms with E-state index in [2.05, 4.69) is 20.3 Å². The number of benzene rings is 1. The van der Waals surface area contributed by atoms with Crippen LogP contribution >= 0.6 is 0 Å². The minimum absolute atomic E-state index is 0.194. The fourth-order valence-corrected chi connectivity index (χ4v) is 2.86. The number of fused-ring (bicyclic) bond motifs is 1. The number of aromatic nitrogens is 2. The Bertz CT molecular complexity index is 980. The lowest BCUT2D eigenvalue weighted by molar-refractivity contribution is -0.119. The molecule has 1 aromatic heterocycles. The van der Waals surface area contributed by atoms with E-state index in [-0.39, 0.29) is 35.6 Å². The number of nitrogen functional groups attached to an aromatic ring is 1. The first-order valence-corrected chi connectivity index (χ1v) is 8.41. The Balaban J connectivity index is 1.86. The number of halogens is 1. The standard InChI is InChI=1S/C19H21FN6O/c1-10(23-9-11-6-4-5-7-12(11)20)8-13(21)16-24-15(22)14-17(25-16)26-18(27)19(14,2)3/h4-8H,9,21H2,1-3H3,(H3,22,24,25,26,27). The summed E-state index contributed by atoms with van der Waals surface area (Å²) in [4.78, 5) is 24.9. The number of aliphatic imine (C=N–C) groups is 1. The van der Waals surface area contributed by atoms with Gasteiger partial charge in [0, 0.05) is 11.3 Å². The molecule has 0 radical (unpaired) electrons. The van der Waals surface area contributed by atoms with Crippen molar-refractivity contribution in [2.45, 2.75) is 32.7 Å². The van der Waals surface area contributed by atoms with Crippen LogP contribution in [-0.2, 0) is 16.8 Å². The normalized spacial score (nSPS) is 16.2. The summed E-state index contributed by atoms with van der Waals surface area (Å²) in [6, 6.07) is 6.45. The largest absolute Gasteiger partial charge is 0.396 e. The van der Waals surface area contributed by atoms with Crippen molar-refractivity contribution in [1.82, 2.24) is 9.97 Å². The van der Waals surface area contributed by atoms with Crippen molar-refractivity contribution in [1.29, 1.82) is 0 Å². The minimum Gasteiger partial charge on any atom is -0.396 e. The monoisotopic (exact) mass is 368 g/mol. The number of allylic oxidation sites excluding steroid dienone is 1. The predicted molar refractivity (Wildman–Crippen MR) is 103 cm³/mol. The highest BCUT2D eigenvalue weighted by molar-refractivity contribution is 6.06. The molecule has 27 heavy (non-hydrogen) atoms. The summed E-state index contributed by atoms with van der Waals surface area (Å²) in [5.74, 6) is 0.269. The average Bonchev–Trinajstić information content (AvgIpc) is 2.83. The smallest absolute Gasteiger partial charge is 0.235 e. The van der Waals surface area contributed by atoms with Crippen molar-refractivity contribution in [2.24, 2.45) is 10.7 Å². The Kier molecular flexibility index (Phi) is 4.65. The van der Waals surface area contributed by atoms with E-state index >= 15 is 0 Å². The average molecular weight is 368 g/mol. The van der Waals surface area contributed by atoms with Gasteiger partial charge in [0.05, 0.1) is 23.2 Å². The molecule has 3 rings (SSSR count).